The molecule has 0 saturated heterocycles. The fourth-order valence-corrected chi connectivity index (χ4v) is 9.38. The Bertz CT molecular complexity index is 3020. The first-order valence-corrected chi connectivity index (χ1v) is 21.9. The van der Waals surface area contributed by atoms with Crippen molar-refractivity contribution in [3.05, 3.63) is 111 Å². The van der Waals surface area contributed by atoms with Crippen LogP contribution in [-0.4, -0.2) is 38.2 Å². The predicted octanol–water partition coefficient (Wildman–Crippen LogP) is 9.98. The van der Waals surface area contributed by atoms with Gasteiger partial charge in [0.15, 0.2) is 6.40 Å². The van der Waals surface area contributed by atoms with Crippen LogP contribution < -0.4 is 16.0 Å². The van der Waals surface area contributed by atoms with Gasteiger partial charge in [0, 0.05) is 62.8 Å². The molecule has 5 N–H and O–H groups in total. The maximum absolute atomic E-state index is 13.2. The Hall–Kier alpha value is -5.87. The number of nitrogens with zero attached hydrogens (tertiary/aromatic N) is 1. The molecule has 0 radical (unpaired) electrons. The number of hydrogen-bond donors (Lipinski definition) is 5. The van der Waals surface area contributed by atoms with Gasteiger partial charge in [0.1, 0.15) is 26.7 Å². The van der Waals surface area contributed by atoms with Crippen molar-refractivity contribution in [2.24, 2.45) is 10.9 Å². The van der Waals surface area contributed by atoms with Gasteiger partial charge in [-0.2, -0.15) is 16.8 Å². The number of carbonyl (C=O) groups excluding carboxylic acids is 1. The number of hydrogen-bond acceptors (Lipinski definition) is 10. The van der Waals surface area contributed by atoms with Crippen molar-refractivity contribution < 1.29 is 39.9 Å². The van der Waals surface area contributed by atoms with Gasteiger partial charge in [-0.25, -0.2) is 4.99 Å². The number of amides is 1. The topological polar surface area (TPSA) is 208 Å². The molecule has 0 unspecified atom stereocenters. The first kappa shape index (κ1) is 43.7. The molecule has 0 fully saturated rings. The SMILES string of the molecule is Cc1cc(C)c(NC(=O)C(C)C)c(C)c1N=c1cc2oc3cc(Nc4c(C)cc(C)c(C(C)(C)OC=N)c4C)ccc3c(-c3ccccc3S(=O)(=O)O)c-2cc1S(=O)(=O)O. The van der Waals surface area contributed by atoms with Gasteiger partial charge in [0.25, 0.3) is 20.2 Å². The van der Waals surface area contributed by atoms with E-state index in [4.69, 9.17) is 19.6 Å². The van der Waals surface area contributed by atoms with Crippen LogP contribution in [0.4, 0.5) is 22.7 Å². The molecule has 6 rings (SSSR count). The third-order valence-electron chi connectivity index (χ3n) is 10.6. The first-order chi connectivity index (χ1) is 27.9. The van der Waals surface area contributed by atoms with Crippen molar-refractivity contribution in [2.75, 3.05) is 10.6 Å². The summed E-state index contributed by atoms with van der Waals surface area (Å²) >= 11 is 0. The summed E-state index contributed by atoms with van der Waals surface area (Å²) in [5.41, 5.74) is 7.80. The van der Waals surface area contributed by atoms with E-state index in [2.05, 4.69) is 10.6 Å². The molecule has 1 aliphatic heterocycles. The van der Waals surface area contributed by atoms with Gasteiger partial charge in [-0.3, -0.25) is 19.3 Å². The normalized spacial score (nSPS) is 12.7. The van der Waals surface area contributed by atoms with E-state index in [0.29, 0.717) is 33.6 Å². The van der Waals surface area contributed by atoms with Gasteiger partial charge in [-0.1, -0.05) is 44.2 Å². The summed E-state index contributed by atoms with van der Waals surface area (Å²) in [6.07, 6.45) is 0.921. The minimum atomic E-state index is -4.98. The van der Waals surface area contributed by atoms with Crippen LogP contribution in [0.25, 0.3) is 33.4 Å². The van der Waals surface area contributed by atoms with Crippen molar-refractivity contribution in [2.45, 2.75) is 84.6 Å². The van der Waals surface area contributed by atoms with Crippen molar-refractivity contribution in [3.8, 4) is 22.5 Å². The lowest BCUT2D eigenvalue weighted by atomic mass is 9.86. The highest BCUT2D eigenvalue weighted by Crippen LogP contribution is 2.45. The van der Waals surface area contributed by atoms with Crippen LogP contribution in [0.1, 0.15) is 66.6 Å². The average molecular weight is 853 g/mol. The van der Waals surface area contributed by atoms with Crippen molar-refractivity contribution >= 4 is 66.3 Å². The highest BCUT2D eigenvalue weighted by atomic mass is 32.2. The molecule has 0 spiro atoms. The molecule has 4 aromatic carbocycles. The van der Waals surface area contributed by atoms with E-state index in [1.807, 2.05) is 53.7 Å². The number of nitrogens with one attached hydrogen (secondary N) is 3. The number of ether oxygens (including phenoxy) is 1. The van der Waals surface area contributed by atoms with E-state index in [-0.39, 0.29) is 45.2 Å². The summed E-state index contributed by atoms with van der Waals surface area (Å²) < 4.78 is 85.3. The lowest BCUT2D eigenvalue weighted by molar-refractivity contribution is -0.118. The molecule has 13 nitrogen and oxygen atoms in total. The second kappa shape index (κ2) is 16.0. The molecule has 1 amide bonds. The Labute approximate surface area is 349 Å². The second-order valence-corrected chi connectivity index (χ2v) is 18.6. The Balaban J connectivity index is 1.69. The minimum Gasteiger partial charge on any atom is -0.473 e. The maximum Gasteiger partial charge on any atom is 0.296 e. The van der Waals surface area contributed by atoms with Gasteiger partial charge in [-0.15, -0.1) is 0 Å². The van der Waals surface area contributed by atoms with Crippen LogP contribution in [0, 0.1) is 52.9 Å². The number of anilines is 3. The molecule has 4 aromatic rings. The lowest BCUT2D eigenvalue weighted by Gasteiger charge is -2.30. The van der Waals surface area contributed by atoms with Crippen LogP contribution in [0.5, 0.6) is 0 Å². The quantitative estimate of drug-likeness (QED) is 0.0361. The molecule has 15 heteroatoms. The maximum atomic E-state index is 13.2. The van der Waals surface area contributed by atoms with Crippen LogP contribution in [0.15, 0.2) is 85.9 Å². The number of benzene rings is 5. The van der Waals surface area contributed by atoms with Gasteiger partial charge in [-0.05, 0) is 113 Å². The Morgan fingerprint density at radius 2 is 1.43 bits per heavy atom. The summed E-state index contributed by atoms with van der Waals surface area (Å²) in [5.74, 6) is -0.449. The molecule has 314 valence electrons. The summed E-state index contributed by atoms with van der Waals surface area (Å²) in [6.45, 7) is 18.6. The average Bonchev–Trinajstić information content (AvgIpc) is 3.14. The van der Waals surface area contributed by atoms with E-state index in [1.165, 1.54) is 30.3 Å². The van der Waals surface area contributed by atoms with Gasteiger partial charge < -0.3 is 19.8 Å². The highest BCUT2D eigenvalue weighted by molar-refractivity contribution is 7.86. The number of rotatable bonds is 11. The summed E-state index contributed by atoms with van der Waals surface area (Å²) in [7, 11) is -9.79. The Morgan fingerprint density at radius 1 is 0.800 bits per heavy atom. The molecule has 0 atom stereocenters. The Kier molecular flexibility index (Phi) is 11.6. The number of aryl methyl sites for hydroxylation is 4. The van der Waals surface area contributed by atoms with E-state index in [1.54, 1.807) is 52.0 Å². The van der Waals surface area contributed by atoms with Crippen molar-refractivity contribution in [1.82, 2.24) is 0 Å². The standard InChI is InChI=1S/C45H48N4O9S2/c1-23(2)44(50)49-43-27(6)18-26(5)42(29(43)8)48-34-21-36-33(20-38(34)60(54,55)56)39(32-13-11-12-14-37(32)59(51,52)53)31-16-15-30(19-35(31)58-36)47-41-25(4)17-24(3)40(28(41)7)45(9,10)57-22-46/h11-23,46-47H,1-10H3,(H,49,50)(H,51,52,53)(H,54,55,56). The molecular formula is C45H48N4O9S2. The summed E-state index contributed by atoms with van der Waals surface area (Å²) in [6, 6.07) is 17.3. The fourth-order valence-electron chi connectivity index (χ4n) is 8.05. The molecule has 0 aromatic heterocycles. The molecule has 1 aliphatic carbocycles. The van der Waals surface area contributed by atoms with Crippen molar-refractivity contribution in [1.29, 1.82) is 5.41 Å². The largest absolute Gasteiger partial charge is 0.473 e. The smallest absolute Gasteiger partial charge is 0.296 e. The van der Waals surface area contributed by atoms with Crippen LogP contribution in [0.2, 0.25) is 0 Å². The predicted molar refractivity (Wildman–Crippen MR) is 234 cm³/mol. The van der Waals surface area contributed by atoms with Crippen LogP contribution in [0.3, 0.4) is 0 Å². The second-order valence-electron chi connectivity index (χ2n) is 15.8. The number of fused-ring (bicyclic) bond motifs is 2. The zero-order valence-corrected chi connectivity index (χ0v) is 36.7. The van der Waals surface area contributed by atoms with Crippen LogP contribution in [-0.2, 0) is 35.4 Å². The fraction of sp³-hybridized carbons (Fsp3) is 0.267. The minimum absolute atomic E-state index is 0.0524. The monoisotopic (exact) mass is 852 g/mol. The summed E-state index contributed by atoms with van der Waals surface area (Å²) in [4.78, 5) is 16.5. The van der Waals surface area contributed by atoms with Gasteiger partial charge in [0.2, 0.25) is 5.91 Å². The third kappa shape index (κ3) is 8.30. The zero-order valence-electron chi connectivity index (χ0n) is 35.0. The highest BCUT2D eigenvalue weighted by Gasteiger charge is 2.29. The molecule has 0 bridgehead atoms. The van der Waals surface area contributed by atoms with E-state index in [0.717, 1.165) is 39.9 Å². The Morgan fingerprint density at radius 3 is 2.07 bits per heavy atom. The van der Waals surface area contributed by atoms with E-state index in [9.17, 15) is 30.7 Å². The first-order valence-electron chi connectivity index (χ1n) is 19.0. The van der Waals surface area contributed by atoms with Crippen LogP contribution >= 0.6 is 0 Å². The molecule has 60 heavy (non-hydrogen) atoms. The van der Waals surface area contributed by atoms with E-state index < -0.39 is 35.6 Å². The van der Waals surface area contributed by atoms with Crippen molar-refractivity contribution in [3.63, 3.8) is 0 Å². The zero-order chi connectivity index (χ0) is 44.2. The van der Waals surface area contributed by atoms with Gasteiger partial charge >= 0.3 is 0 Å². The molecule has 2 aliphatic rings. The molecular weight excluding hydrogens is 805 g/mol. The molecule has 1 heterocycles. The van der Waals surface area contributed by atoms with E-state index >= 15 is 0 Å². The molecule has 0 saturated carbocycles. The summed E-state index contributed by atoms with van der Waals surface area (Å²) in [5, 5.41) is 14.2. The van der Waals surface area contributed by atoms with Gasteiger partial charge in [0.05, 0.1) is 11.0 Å². The lowest BCUT2D eigenvalue weighted by Crippen LogP contribution is -2.24. The number of carbonyl (C=O) groups is 1. The third-order valence-corrected chi connectivity index (χ3v) is 12.4.